The summed E-state index contributed by atoms with van der Waals surface area (Å²) < 4.78 is 0. The molecule has 0 saturated carbocycles. The van der Waals surface area contributed by atoms with Crippen molar-refractivity contribution in [2.24, 2.45) is 17.6 Å². The molecule has 6 fully saturated rings. The van der Waals surface area contributed by atoms with Gasteiger partial charge in [0.25, 0.3) is 11.8 Å². The van der Waals surface area contributed by atoms with Crippen molar-refractivity contribution >= 4 is 218 Å². The number of benzene rings is 1. The molecular weight excluding hydrogens is 2070 g/mol. The smallest absolute Gasteiger partial charge is 0.322 e. The number of nitrogens with two attached hydrogens (primary N) is 1. The molecule has 19 atom stereocenters. The first-order chi connectivity index (χ1) is 71.3. The van der Waals surface area contributed by atoms with Crippen molar-refractivity contribution in [1.82, 2.24) is 137 Å². The predicted octanol–water partition coefficient (Wildman–Crippen LogP) is -11.3. The van der Waals surface area contributed by atoms with E-state index in [2.05, 4.69) is 139 Å². The molecular formula is C90H125N27O28S5. The van der Waals surface area contributed by atoms with Crippen LogP contribution in [0, 0.1) is 11.8 Å². The highest BCUT2D eigenvalue weighted by Crippen LogP contribution is 2.25. The Labute approximate surface area is 878 Å². The van der Waals surface area contributed by atoms with Crippen LogP contribution in [0.25, 0.3) is 10.9 Å². The van der Waals surface area contributed by atoms with Crippen molar-refractivity contribution in [2.45, 2.75) is 202 Å². The maximum absolute atomic E-state index is 15.7. The quantitative estimate of drug-likeness (QED) is 0.0496. The Morgan fingerprint density at radius 1 is 0.520 bits per heavy atom. The molecule has 0 radical (unpaired) electrons. The number of hydrogen-bond donors (Lipinski definition) is 28. The summed E-state index contributed by atoms with van der Waals surface area (Å²) in [6.07, 6.45) is 1.06. The summed E-state index contributed by atoms with van der Waals surface area (Å²) in [6, 6.07) is -23.6. The van der Waals surface area contributed by atoms with E-state index in [4.69, 9.17) is 5.73 Å². The number of fused-ring (bicyclic) bond motifs is 20. The molecule has 55 nitrogen and oxygen atoms in total. The molecule has 6 aliphatic rings. The van der Waals surface area contributed by atoms with Gasteiger partial charge in [-0.15, -0.1) is 0 Å². The van der Waals surface area contributed by atoms with E-state index in [1.165, 1.54) is 39.5 Å². The van der Waals surface area contributed by atoms with Crippen LogP contribution >= 0.6 is 58.8 Å². The SMILES string of the molecule is C=C1NC(=O)C(C(C)C)NC(=O)C(NC(=O)C(=CC)NC(=O)C(N)C(C)CC)CSCC2NC(=O)C(C(C)O)NC(=O)C3CSCCC(NC(=O)C(CSCC4NC(=O)CNC(=O)C(CSCC5NC(=O)C(Cc6cnc[nH]6)NC(=O)C(CSCC(C(=O)N6CCCC6C(=O)NCC(=O)O)NC5=O)NC4=O)NC(=O)CNC(=O)CNC(=O)CNC(=O)C(CCC(=O)O)NC2=O)NC(=O)C(Cc2c[nH]c4ccccc24)NC1=O)C(=O)N3. The van der Waals surface area contributed by atoms with Crippen molar-refractivity contribution in [3.8, 4) is 0 Å². The maximum atomic E-state index is 15.7. The number of carbonyl (C=O) groups is 25. The number of carboxylic acid groups (broad SMARTS) is 2. The zero-order chi connectivity index (χ0) is 110. The Hall–Kier alpha value is -14.1. The Morgan fingerprint density at radius 3 is 1.60 bits per heavy atom. The van der Waals surface area contributed by atoms with Crippen molar-refractivity contribution in [2.75, 3.05) is 96.8 Å². The summed E-state index contributed by atoms with van der Waals surface area (Å²) in [5.74, 6) is -36.5. The van der Waals surface area contributed by atoms with Crippen LogP contribution in [0.3, 0.4) is 0 Å². The topological polar surface area (TPSA) is 826 Å². The Kier molecular flexibility index (Phi) is 46.3. The first kappa shape index (κ1) is 119. The van der Waals surface area contributed by atoms with Gasteiger partial charge >= 0.3 is 11.9 Å². The van der Waals surface area contributed by atoms with Crippen LogP contribution < -0.4 is 123 Å². The summed E-state index contributed by atoms with van der Waals surface area (Å²) in [5, 5.41) is 84.9. The lowest BCUT2D eigenvalue weighted by Gasteiger charge is -2.30. The molecule has 2 aromatic heterocycles. The number of aliphatic hydroxyl groups excluding tert-OH is 1. The number of thioether (sulfide) groups is 5. The van der Waals surface area contributed by atoms with Crippen LogP contribution in [-0.4, -0.2) is 389 Å². The number of aliphatic carboxylic acids is 2. The second-order valence-corrected chi connectivity index (χ2v) is 41.4. The van der Waals surface area contributed by atoms with Crippen molar-refractivity contribution in [3.05, 3.63) is 78.3 Å². The van der Waals surface area contributed by atoms with E-state index in [1.54, 1.807) is 38.1 Å². The number of allylic oxidation sites excluding steroid dienone is 1. The van der Waals surface area contributed by atoms with Gasteiger partial charge in [-0.25, -0.2) is 4.98 Å². The Bertz CT molecular complexity index is 5580. The molecule has 8 bridgehead atoms. The second kappa shape index (κ2) is 58.2. The van der Waals surface area contributed by atoms with Crippen LogP contribution in [0.4, 0.5) is 0 Å². The summed E-state index contributed by atoms with van der Waals surface area (Å²) in [6.45, 7) is 7.40. The van der Waals surface area contributed by atoms with E-state index in [1.807, 2.05) is 0 Å². The van der Waals surface area contributed by atoms with Gasteiger partial charge in [0.1, 0.15) is 109 Å². The number of carbonyl (C=O) groups excluding carboxylic acids is 23. The minimum atomic E-state index is -2.12. The third-order valence-electron chi connectivity index (χ3n) is 24.3. The zero-order valence-electron chi connectivity index (χ0n) is 82.4. The summed E-state index contributed by atoms with van der Waals surface area (Å²) in [5.41, 5.74) is 6.05. The van der Waals surface area contributed by atoms with Crippen molar-refractivity contribution < 1.29 is 135 Å². The number of aromatic nitrogens is 3. The Morgan fingerprint density at radius 2 is 1.02 bits per heavy atom. The number of nitrogens with zero attached hydrogens (tertiary/aromatic N) is 2. The highest BCUT2D eigenvalue weighted by molar-refractivity contribution is 8.00. The minimum Gasteiger partial charge on any atom is -0.481 e. The number of imidazole rings is 1. The first-order valence-corrected chi connectivity index (χ1v) is 53.5. The van der Waals surface area contributed by atoms with E-state index >= 15 is 43.2 Å². The molecule has 6 saturated heterocycles. The lowest BCUT2D eigenvalue weighted by Crippen LogP contribution is -2.63. The number of rotatable bonds is 19. The minimum absolute atomic E-state index is 0.0157. The summed E-state index contributed by atoms with van der Waals surface area (Å²) in [4.78, 5) is 374. The van der Waals surface area contributed by atoms with Crippen molar-refractivity contribution in [3.63, 3.8) is 0 Å². The van der Waals surface area contributed by atoms with Gasteiger partial charge in [-0.2, -0.15) is 58.8 Å². The fraction of sp³-hybridized carbons (Fsp3) is 0.556. The third-order valence-corrected chi connectivity index (χ3v) is 29.9. The molecule has 9 rings (SSSR count). The largest absolute Gasteiger partial charge is 0.481 e. The summed E-state index contributed by atoms with van der Waals surface area (Å²) in [7, 11) is 0. The normalized spacial score (nSPS) is 26.8. The van der Waals surface area contributed by atoms with E-state index in [9.17, 15) is 92.0 Å². The number of H-pyrrole nitrogens is 2. The summed E-state index contributed by atoms with van der Waals surface area (Å²) >= 11 is 3.66. The van der Waals surface area contributed by atoms with Gasteiger partial charge < -0.3 is 153 Å². The number of para-hydroxylation sites is 1. The van der Waals surface area contributed by atoms with Gasteiger partial charge in [0.15, 0.2) is 0 Å². The fourth-order valence-electron chi connectivity index (χ4n) is 15.6. The number of amides is 23. The molecule has 0 aliphatic carbocycles. The van der Waals surface area contributed by atoms with Crippen LogP contribution in [0.15, 0.2) is 67.0 Å². The molecule has 150 heavy (non-hydrogen) atoms. The predicted molar refractivity (Wildman–Crippen MR) is 542 cm³/mol. The molecule has 6 aliphatic heterocycles. The van der Waals surface area contributed by atoms with Gasteiger partial charge in [0.2, 0.25) is 124 Å². The molecule has 1 aromatic carbocycles. The molecule has 0 spiro atoms. The van der Waals surface area contributed by atoms with E-state index in [0.29, 0.717) is 58.2 Å². The number of carboxylic acids is 2. The lowest BCUT2D eigenvalue weighted by atomic mass is 9.99. The number of nitrogens with one attached hydrogen (secondary N) is 24. The highest BCUT2D eigenvalue weighted by atomic mass is 32.2. The first-order valence-electron chi connectivity index (χ1n) is 47.8. The monoisotopic (exact) mass is 2190 g/mol. The maximum Gasteiger partial charge on any atom is 0.322 e. The highest BCUT2D eigenvalue weighted by Gasteiger charge is 2.45. The van der Waals surface area contributed by atoms with Gasteiger partial charge in [-0.1, -0.05) is 65.0 Å². The third kappa shape index (κ3) is 36.1. The van der Waals surface area contributed by atoms with E-state index < -0.39 is 384 Å². The molecule has 19 unspecified atom stereocenters. The average molecular weight is 2190 g/mol. The van der Waals surface area contributed by atoms with Gasteiger partial charge in [0.05, 0.1) is 50.3 Å². The molecule has 60 heteroatoms. The lowest BCUT2D eigenvalue weighted by molar-refractivity contribution is -0.142. The van der Waals surface area contributed by atoms with Gasteiger partial charge in [-0.3, -0.25) is 120 Å². The van der Waals surface area contributed by atoms with E-state index in [0.717, 1.165) is 41.4 Å². The molecule has 818 valence electrons. The number of aliphatic hydroxyl groups is 1. The average Bonchev–Trinajstić information content (AvgIpc) is 1.66. The standard InChI is InChI=1S/C90H125N27O28S5/c1-8-41(5)69(91)87(142)103-47(9-2)75(130)108-60-37-149-36-59-81(136)104-49(16-17-67(123)124)73(128)96-26-64(120)94-25-63(119)95-27-65(121)101-53-31-147-34-58-83(138)114-61(90(145)117-19-12-15-62(117)86(141)98-29-68(125)126)38-150-35-57(82(137)107-52(78(133)111-58)22-45-24-92-39-99-45)112-79(134)54(102-66(122)28-97-74(53)129)32-148-33-56(80(135)105-50-18-20-146-30-55(109-76(50)131)85(140)116-71(43(7)118)89(144)113-59)110-77(132)51(21-44-23-93-48-14-11-10-13-46(44)48)106-72(127)42(6)100-88(143)70(40(3)4)115-84(60)139/h9-11,13-14,23-24,39-41,43,49-62,69-71,93,118H,6,8,12,15-22,25-38,91H2,1-5,7H3,(H,92,99)(H,94,120)(H,95,119)(H,96,128)(H,97,129)(H,98,141)(H,100,143)(H,101,121)(H,102,122)(H,103,142)(H,104,136)(H,105,135)(H,106,127)(H,107,137)(H,108,130)(H,109,131)(H,110,132)(H,111,133)(H,112,134)(H,113,144)(H,114,138)(H,115,139)(H,116,140)(H,123,124)(H,125,126). The van der Waals surface area contributed by atoms with Gasteiger partial charge in [0, 0.05) is 107 Å². The number of likely N-dealkylation sites (tertiary alicyclic amines) is 1. The van der Waals surface area contributed by atoms with Crippen LogP contribution in [0.5, 0.6) is 0 Å². The molecule has 3 aromatic rings. The van der Waals surface area contributed by atoms with Crippen LogP contribution in [-0.2, 0) is 133 Å². The van der Waals surface area contributed by atoms with Crippen molar-refractivity contribution in [1.29, 1.82) is 0 Å². The molecule has 8 heterocycles. The molecule has 29 N–H and O–H groups in total. The zero-order valence-corrected chi connectivity index (χ0v) is 86.5. The fourth-order valence-corrected chi connectivity index (χ4v) is 20.9. The van der Waals surface area contributed by atoms with Crippen LogP contribution in [0.1, 0.15) is 91.3 Å². The second-order valence-electron chi connectivity index (χ2n) is 36.0. The van der Waals surface area contributed by atoms with Crippen LogP contribution in [0.2, 0.25) is 0 Å². The number of aromatic amines is 2. The number of hydrogen-bond acceptors (Lipinski definition) is 33. The van der Waals surface area contributed by atoms with E-state index in [-0.39, 0.29) is 43.0 Å². The Balaban J connectivity index is 1.19. The van der Waals surface area contributed by atoms with Gasteiger partial charge in [-0.05, 0) is 68.7 Å². The molecule has 23 amide bonds.